The molecule has 0 atom stereocenters. The summed E-state index contributed by atoms with van der Waals surface area (Å²) < 4.78 is 0. The average Bonchev–Trinajstić information content (AvgIpc) is 2.81. The topological polar surface area (TPSA) is 3.24 Å². The third-order valence-corrected chi connectivity index (χ3v) is 6.85. The molecule has 5 rings (SSSR count). The Morgan fingerprint density at radius 1 is 0.645 bits per heavy atom. The molecule has 0 bridgehead atoms. The fourth-order valence-corrected chi connectivity index (χ4v) is 5.61. The number of hydrogen-bond donors (Lipinski definition) is 0. The van der Waals surface area contributed by atoms with E-state index in [4.69, 9.17) is 23.2 Å². The third-order valence-electron chi connectivity index (χ3n) is 6.29. The molecule has 0 aromatic heterocycles. The minimum Gasteiger partial charge on any atom is -0.281 e. The number of nitrogens with zero attached hydrogens (tertiary/aromatic N) is 1. The van der Waals surface area contributed by atoms with Gasteiger partial charge in [0.15, 0.2) is 0 Å². The quantitative estimate of drug-likeness (QED) is 0.298. The molecule has 31 heavy (non-hydrogen) atoms. The number of benzene rings is 4. The summed E-state index contributed by atoms with van der Waals surface area (Å²) >= 11 is 12.9. The van der Waals surface area contributed by atoms with Crippen molar-refractivity contribution in [1.82, 2.24) is 4.90 Å². The van der Waals surface area contributed by atoms with E-state index in [0.717, 1.165) is 24.5 Å². The van der Waals surface area contributed by atoms with Crippen molar-refractivity contribution < 1.29 is 0 Å². The maximum absolute atomic E-state index is 6.56. The molecule has 1 nitrogen and oxygen atoms in total. The molecule has 0 amide bonds. The Morgan fingerprint density at radius 3 is 1.61 bits per heavy atom. The van der Waals surface area contributed by atoms with Gasteiger partial charge in [0.1, 0.15) is 0 Å². The van der Waals surface area contributed by atoms with Gasteiger partial charge in [-0.05, 0) is 46.4 Å². The van der Waals surface area contributed by atoms with Crippen LogP contribution >= 0.6 is 23.2 Å². The van der Waals surface area contributed by atoms with Gasteiger partial charge < -0.3 is 0 Å². The lowest BCUT2D eigenvalue weighted by atomic mass is 9.74. The summed E-state index contributed by atoms with van der Waals surface area (Å²) in [6.07, 6.45) is 0.888. The van der Waals surface area contributed by atoms with Crippen LogP contribution in [-0.2, 0) is 18.5 Å². The Bertz CT molecular complexity index is 1080. The van der Waals surface area contributed by atoms with Crippen molar-refractivity contribution in [3.05, 3.63) is 141 Å². The van der Waals surface area contributed by atoms with E-state index in [2.05, 4.69) is 102 Å². The number of fused-ring (bicyclic) bond motifs is 1. The Morgan fingerprint density at radius 2 is 1.13 bits per heavy atom. The van der Waals surface area contributed by atoms with Crippen LogP contribution in [0.2, 0.25) is 10.0 Å². The fraction of sp³-hybridized carbons (Fsp3) is 0.143. The van der Waals surface area contributed by atoms with Crippen LogP contribution in [-0.4, -0.2) is 11.4 Å². The molecule has 0 saturated heterocycles. The van der Waals surface area contributed by atoms with Gasteiger partial charge in [0.05, 0.1) is 5.54 Å². The summed E-state index contributed by atoms with van der Waals surface area (Å²) in [7, 11) is 0. The van der Waals surface area contributed by atoms with Crippen molar-refractivity contribution in [3.63, 3.8) is 0 Å². The summed E-state index contributed by atoms with van der Waals surface area (Å²) in [6.45, 7) is 1.67. The Labute approximate surface area is 193 Å². The van der Waals surface area contributed by atoms with Crippen LogP contribution in [0.1, 0.15) is 27.8 Å². The Balaban J connectivity index is 1.77. The van der Waals surface area contributed by atoms with E-state index in [-0.39, 0.29) is 0 Å². The van der Waals surface area contributed by atoms with Gasteiger partial charge in [0.2, 0.25) is 0 Å². The molecular formula is C28H23Cl2N. The van der Waals surface area contributed by atoms with Crippen LogP contribution in [0.5, 0.6) is 0 Å². The lowest BCUT2D eigenvalue weighted by Crippen LogP contribution is -2.50. The Kier molecular flexibility index (Phi) is 5.58. The van der Waals surface area contributed by atoms with Crippen LogP contribution in [0.4, 0.5) is 0 Å². The second-order valence-electron chi connectivity index (χ2n) is 8.01. The van der Waals surface area contributed by atoms with Gasteiger partial charge in [0, 0.05) is 23.1 Å². The number of halogens is 2. The van der Waals surface area contributed by atoms with Gasteiger partial charge in [-0.3, -0.25) is 4.90 Å². The van der Waals surface area contributed by atoms with Crippen molar-refractivity contribution in [1.29, 1.82) is 0 Å². The second-order valence-corrected chi connectivity index (χ2v) is 8.85. The zero-order chi connectivity index (χ0) is 21.3. The predicted octanol–water partition coefficient (Wildman–Crippen LogP) is 7.34. The highest BCUT2D eigenvalue weighted by atomic mass is 35.5. The molecule has 0 saturated carbocycles. The average molecular weight is 444 g/mol. The van der Waals surface area contributed by atoms with E-state index in [9.17, 15) is 0 Å². The molecular weight excluding hydrogens is 421 g/mol. The smallest absolute Gasteiger partial charge is 0.0975 e. The second kappa shape index (κ2) is 8.51. The van der Waals surface area contributed by atoms with Crippen LogP contribution < -0.4 is 0 Å². The normalized spacial score (nSPS) is 14.3. The van der Waals surface area contributed by atoms with Crippen molar-refractivity contribution in [2.45, 2.75) is 18.5 Å². The lowest BCUT2D eigenvalue weighted by molar-refractivity contribution is 0.139. The highest BCUT2D eigenvalue weighted by Gasteiger charge is 2.43. The Hall–Kier alpha value is -2.58. The third kappa shape index (κ3) is 3.57. The largest absolute Gasteiger partial charge is 0.281 e. The molecule has 4 aromatic carbocycles. The minimum absolute atomic E-state index is 0.420. The van der Waals surface area contributed by atoms with Crippen LogP contribution in [0.25, 0.3) is 0 Å². The predicted molar refractivity (Wildman–Crippen MR) is 130 cm³/mol. The zero-order valence-electron chi connectivity index (χ0n) is 17.1. The van der Waals surface area contributed by atoms with Crippen LogP contribution in [0.3, 0.4) is 0 Å². The maximum Gasteiger partial charge on any atom is 0.0975 e. The molecule has 0 spiro atoms. The van der Waals surface area contributed by atoms with Crippen molar-refractivity contribution in [2.75, 3.05) is 6.54 Å². The fourth-order valence-electron chi connectivity index (χ4n) is 4.98. The van der Waals surface area contributed by atoms with E-state index in [0.29, 0.717) is 5.02 Å². The first-order valence-corrected chi connectivity index (χ1v) is 11.3. The summed E-state index contributed by atoms with van der Waals surface area (Å²) in [5.41, 5.74) is 5.76. The van der Waals surface area contributed by atoms with Crippen molar-refractivity contribution in [3.8, 4) is 0 Å². The summed E-state index contributed by atoms with van der Waals surface area (Å²) in [4.78, 5) is 2.57. The molecule has 0 aliphatic carbocycles. The van der Waals surface area contributed by atoms with Crippen LogP contribution in [0.15, 0.2) is 103 Å². The van der Waals surface area contributed by atoms with Gasteiger partial charge in [-0.15, -0.1) is 0 Å². The molecule has 0 N–H and O–H groups in total. The van der Waals surface area contributed by atoms with E-state index in [1.54, 1.807) is 0 Å². The highest BCUT2D eigenvalue weighted by Crippen LogP contribution is 2.45. The van der Waals surface area contributed by atoms with Crippen molar-refractivity contribution in [2.24, 2.45) is 0 Å². The highest BCUT2D eigenvalue weighted by molar-refractivity contribution is 6.35. The molecule has 1 aliphatic rings. The first-order valence-electron chi connectivity index (χ1n) is 10.6. The van der Waals surface area contributed by atoms with Crippen molar-refractivity contribution >= 4 is 23.2 Å². The maximum atomic E-state index is 6.56. The SMILES string of the molecule is Clc1cc(Cl)c2c(c1)CN(C(c1ccccc1)(c1ccccc1)c1ccccc1)CC2. The molecule has 0 fully saturated rings. The van der Waals surface area contributed by atoms with Gasteiger partial charge in [-0.1, -0.05) is 114 Å². The molecule has 154 valence electrons. The monoisotopic (exact) mass is 443 g/mol. The minimum atomic E-state index is -0.420. The lowest BCUT2D eigenvalue weighted by Gasteiger charge is -2.47. The molecule has 4 aromatic rings. The first-order chi connectivity index (χ1) is 15.2. The van der Waals surface area contributed by atoms with E-state index >= 15 is 0 Å². The molecule has 1 aliphatic heterocycles. The molecule has 0 unspecified atom stereocenters. The van der Waals surface area contributed by atoms with Gasteiger partial charge in [-0.25, -0.2) is 0 Å². The standard InChI is InChI=1S/C28H23Cl2N/c29-25-18-21-20-31(17-16-26(21)27(30)19-25)28(22-10-4-1-5-11-22,23-12-6-2-7-13-23)24-14-8-3-9-15-24/h1-15,18-19H,16-17,20H2. The van der Waals surface area contributed by atoms with Crippen LogP contribution in [0, 0.1) is 0 Å². The molecule has 3 heteroatoms. The summed E-state index contributed by atoms with van der Waals surface area (Å²) in [6, 6.07) is 36.3. The molecule has 0 radical (unpaired) electrons. The van der Waals surface area contributed by atoms with E-state index in [1.165, 1.54) is 27.8 Å². The summed E-state index contributed by atoms with van der Waals surface area (Å²) in [5, 5.41) is 1.46. The van der Waals surface area contributed by atoms with Gasteiger partial charge in [-0.2, -0.15) is 0 Å². The number of hydrogen-bond acceptors (Lipinski definition) is 1. The zero-order valence-corrected chi connectivity index (χ0v) is 18.7. The van der Waals surface area contributed by atoms with Gasteiger partial charge >= 0.3 is 0 Å². The van der Waals surface area contributed by atoms with Gasteiger partial charge in [0.25, 0.3) is 0 Å². The molecule has 1 heterocycles. The number of rotatable bonds is 4. The first kappa shape index (κ1) is 20.3. The van der Waals surface area contributed by atoms with E-state index < -0.39 is 5.54 Å². The summed E-state index contributed by atoms with van der Waals surface area (Å²) in [5.74, 6) is 0. The van der Waals surface area contributed by atoms with E-state index in [1.807, 2.05) is 6.07 Å².